The van der Waals surface area contributed by atoms with Crippen molar-refractivity contribution in [1.82, 2.24) is 10.3 Å². The van der Waals surface area contributed by atoms with Crippen molar-refractivity contribution in [2.45, 2.75) is 37.1 Å². The van der Waals surface area contributed by atoms with E-state index in [0.717, 1.165) is 22.5 Å². The molecule has 0 atom stereocenters. The molecule has 0 fully saturated rings. The number of thiazole rings is 1. The molecule has 2 rings (SSSR count). The monoisotopic (exact) mass is 356 g/mol. The first-order valence-electron chi connectivity index (χ1n) is 6.19. The third-order valence-corrected chi connectivity index (χ3v) is 5.60. The van der Waals surface area contributed by atoms with E-state index in [-0.39, 0.29) is 0 Å². The van der Waals surface area contributed by atoms with Crippen LogP contribution in [0.1, 0.15) is 24.5 Å². The highest BCUT2D eigenvalue weighted by Crippen LogP contribution is 2.30. The summed E-state index contributed by atoms with van der Waals surface area (Å²) in [5.41, 5.74) is 1.14. The van der Waals surface area contributed by atoms with E-state index >= 15 is 0 Å². The van der Waals surface area contributed by atoms with Gasteiger partial charge in [-0.3, -0.25) is 0 Å². The number of hydrogen-bond acceptors (Lipinski definition) is 4. The van der Waals surface area contributed by atoms with Crippen molar-refractivity contribution < 1.29 is 0 Å². The van der Waals surface area contributed by atoms with Crippen LogP contribution in [-0.4, -0.2) is 11.0 Å². The van der Waals surface area contributed by atoms with Gasteiger partial charge in [-0.2, -0.15) is 0 Å². The Morgan fingerprint density at radius 2 is 2.16 bits per heavy atom. The second-order valence-corrected chi connectivity index (χ2v) is 7.30. The van der Waals surface area contributed by atoms with Crippen molar-refractivity contribution in [3.8, 4) is 0 Å². The number of thioether (sulfide) groups is 1. The third-order valence-electron chi connectivity index (χ3n) is 2.48. The van der Waals surface area contributed by atoms with Crippen molar-refractivity contribution in [2.75, 3.05) is 0 Å². The summed E-state index contributed by atoms with van der Waals surface area (Å²) in [4.78, 5) is 5.91. The molecule has 0 radical (unpaired) electrons. The molecule has 1 N–H and O–H groups in total. The van der Waals surface area contributed by atoms with E-state index in [9.17, 15) is 0 Å². The summed E-state index contributed by atoms with van der Waals surface area (Å²) in [5.74, 6) is 0.926. The van der Waals surface area contributed by atoms with Crippen LogP contribution >= 0.6 is 39.0 Å². The molecule has 0 aliphatic heterocycles. The van der Waals surface area contributed by atoms with Crippen LogP contribution in [0.4, 0.5) is 0 Å². The lowest BCUT2D eigenvalue weighted by molar-refractivity contribution is 0.582. The van der Waals surface area contributed by atoms with Gasteiger partial charge < -0.3 is 5.32 Å². The Kier molecular flexibility index (Phi) is 5.88. The minimum atomic E-state index is 0.500. The van der Waals surface area contributed by atoms with E-state index in [1.165, 1.54) is 9.90 Å². The Balaban J connectivity index is 1.88. The quantitative estimate of drug-likeness (QED) is 0.759. The molecule has 0 aliphatic carbocycles. The second-order valence-electron chi connectivity index (χ2n) is 4.49. The van der Waals surface area contributed by atoms with Gasteiger partial charge in [-0.1, -0.05) is 26.0 Å². The van der Waals surface area contributed by atoms with Gasteiger partial charge in [-0.25, -0.2) is 4.98 Å². The minimum Gasteiger partial charge on any atom is -0.309 e. The Labute approximate surface area is 131 Å². The second kappa shape index (κ2) is 7.43. The zero-order valence-corrected chi connectivity index (χ0v) is 14.2. The molecule has 1 aromatic heterocycles. The molecule has 2 aromatic rings. The fourth-order valence-corrected chi connectivity index (χ4v) is 3.89. The largest absolute Gasteiger partial charge is 0.309 e. The van der Waals surface area contributed by atoms with Crippen LogP contribution < -0.4 is 5.32 Å². The van der Waals surface area contributed by atoms with E-state index in [1.54, 1.807) is 11.3 Å². The standard InChI is InChI=1S/C14H17BrN2S2/c1-10(2)16-7-11-8-19-14(17-11)9-18-13-6-4-3-5-12(13)15/h3-6,8,10,16H,7,9H2,1-2H3. The number of rotatable bonds is 6. The van der Waals surface area contributed by atoms with Crippen molar-refractivity contribution in [2.24, 2.45) is 0 Å². The maximum atomic E-state index is 4.65. The summed E-state index contributed by atoms with van der Waals surface area (Å²) in [5, 5.41) is 6.71. The molecule has 1 aromatic carbocycles. The van der Waals surface area contributed by atoms with Gasteiger partial charge in [-0.15, -0.1) is 23.1 Å². The molecule has 5 heteroatoms. The molecule has 0 saturated carbocycles. The maximum Gasteiger partial charge on any atom is 0.103 e. The average molecular weight is 357 g/mol. The third kappa shape index (κ3) is 4.91. The molecular formula is C14H17BrN2S2. The summed E-state index contributed by atoms with van der Waals surface area (Å²) < 4.78 is 1.15. The van der Waals surface area contributed by atoms with Gasteiger partial charge in [0.2, 0.25) is 0 Å². The zero-order chi connectivity index (χ0) is 13.7. The molecule has 102 valence electrons. The van der Waals surface area contributed by atoms with Gasteiger partial charge in [0.05, 0.1) is 11.4 Å². The van der Waals surface area contributed by atoms with Gasteiger partial charge in [0.15, 0.2) is 0 Å². The van der Waals surface area contributed by atoms with Crippen LogP contribution in [0.2, 0.25) is 0 Å². The Hall–Kier alpha value is -0.360. The lowest BCUT2D eigenvalue weighted by Crippen LogP contribution is -2.21. The fraction of sp³-hybridized carbons (Fsp3) is 0.357. The van der Waals surface area contributed by atoms with Crippen LogP contribution in [-0.2, 0) is 12.3 Å². The smallest absolute Gasteiger partial charge is 0.103 e. The van der Waals surface area contributed by atoms with E-state index in [1.807, 2.05) is 17.8 Å². The SMILES string of the molecule is CC(C)NCc1csc(CSc2ccccc2Br)n1. The molecule has 0 aliphatic rings. The number of benzene rings is 1. The van der Waals surface area contributed by atoms with Crippen LogP contribution in [0.3, 0.4) is 0 Å². The van der Waals surface area contributed by atoms with Gasteiger partial charge >= 0.3 is 0 Å². The van der Waals surface area contributed by atoms with Gasteiger partial charge in [-0.05, 0) is 28.1 Å². The van der Waals surface area contributed by atoms with Crippen LogP contribution in [0.25, 0.3) is 0 Å². The summed E-state index contributed by atoms with van der Waals surface area (Å²) >= 11 is 7.13. The molecule has 0 unspecified atom stereocenters. The fourth-order valence-electron chi connectivity index (χ4n) is 1.51. The zero-order valence-electron chi connectivity index (χ0n) is 11.0. The maximum absolute atomic E-state index is 4.65. The highest BCUT2D eigenvalue weighted by atomic mass is 79.9. The Morgan fingerprint density at radius 3 is 2.89 bits per heavy atom. The molecule has 2 nitrogen and oxygen atoms in total. The summed E-state index contributed by atoms with van der Waals surface area (Å²) in [6.07, 6.45) is 0. The number of halogens is 1. The number of nitrogens with one attached hydrogen (secondary N) is 1. The highest BCUT2D eigenvalue weighted by Gasteiger charge is 2.05. The van der Waals surface area contributed by atoms with Gasteiger partial charge in [0.1, 0.15) is 5.01 Å². The van der Waals surface area contributed by atoms with E-state index in [4.69, 9.17) is 0 Å². The number of nitrogens with zero attached hydrogens (tertiary/aromatic N) is 1. The van der Waals surface area contributed by atoms with Crippen LogP contribution in [0, 0.1) is 0 Å². The van der Waals surface area contributed by atoms with Crippen molar-refractivity contribution >= 4 is 39.0 Å². The van der Waals surface area contributed by atoms with Crippen LogP contribution in [0.15, 0.2) is 39.0 Å². The topological polar surface area (TPSA) is 24.9 Å². The molecule has 0 saturated heterocycles. The predicted molar refractivity (Wildman–Crippen MR) is 87.8 cm³/mol. The number of hydrogen-bond donors (Lipinski definition) is 1. The molecule has 1 heterocycles. The first-order valence-corrected chi connectivity index (χ1v) is 8.85. The highest BCUT2D eigenvalue weighted by molar-refractivity contribution is 9.10. The van der Waals surface area contributed by atoms with Gasteiger partial charge in [0, 0.05) is 27.3 Å². The first kappa shape index (κ1) is 15.0. The average Bonchev–Trinajstić information content (AvgIpc) is 2.83. The van der Waals surface area contributed by atoms with E-state index < -0.39 is 0 Å². The summed E-state index contributed by atoms with van der Waals surface area (Å²) in [6, 6.07) is 8.80. The van der Waals surface area contributed by atoms with E-state index in [2.05, 4.69) is 63.7 Å². The lowest BCUT2D eigenvalue weighted by atomic mass is 10.4. The summed E-state index contributed by atoms with van der Waals surface area (Å²) in [7, 11) is 0. The van der Waals surface area contributed by atoms with Crippen molar-refractivity contribution in [1.29, 1.82) is 0 Å². The Bertz CT molecular complexity index is 526. The molecule has 0 amide bonds. The normalized spacial score (nSPS) is 11.2. The van der Waals surface area contributed by atoms with E-state index in [0.29, 0.717) is 6.04 Å². The van der Waals surface area contributed by atoms with Gasteiger partial charge in [0.25, 0.3) is 0 Å². The first-order chi connectivity index (χ1) is 9.15. The predicted octanol–water partition coefficient (Wildman–Crippen LogP) is 4.70. The molecule has 0 bridgehead atoms. The van der Waals surface area contributed by atoms with Crippen LogP contribution in [0.5, 0.6) is 0 Å². The molecule has 0 spiro atoms. The Morgan fingerprint density at radius 1 is 1.37 bits per heavy atom. The lowest BCUT2D eigenvalue weighted by Gasteiger charge is -2.04. The summed E-state index contributed by atoms with van der Waals surface area (Å²) in [6.45, 7) is 5.15. The number of aromatic nitrogens is 1. The molecular weight excluding hydrogens is 340 g/mol. The minimum absolute atomic E-state index is 0.500. The molecule has 19 heavy (non-hydrogen) atoms. The van der Waals surface area contributed by atoms with Crippen molar-refractivity contribution in [3.05, 3.63) is 44.8 Å². The van der Waals surface area contributed by atoms with Crippen molar-refractivity contribution in [3.63, 3.8) is 0 Å².